The molecule has 5 heteroatoms. The fourth-order valence-electron chi connectivity index (χ4n) is 2.06. The van der Waals surface area contributed by atoms with Gasteiger partial charge in [-0.1, -0.05) is 35.5 Å². The van der Waals surface area contributed by atoms with E-state index in [-0.39, 0.29) is 18.3 Å². The van der Waals surface area contributed by atoms with Gasteiger partial charge in [0.2, 0.25) is 0 Å². The highest BCUT2D eigenvalue weighted by atomic mass is 16.4. The fourth-order valence-corrected chi connectivity index (χ4v) is 2.06. The topological polar surface area (TPSA) is 78.9 Å². The summed E-state index contributed by atoms with van der Waals surface area (Å²) in [6.07, 6.45) is 0. The molecule has 0 atom stereocenters. The van der Waals surface area contributed by atoms with Crippen LogP contribution < -0.4 is 5.73 Å². The van der Waals surface area contributed by atoms with Crippen molar-refractivity contribution in [2.75, 3.05) is 13.1 Å². The third-order valence-corrected chi connectivity index (χ3v) is 3.15. The van der Waals surface area contributed by atoms with Crippen molar-refractivity contribution in [2.45, 2.75) is 6.92 Å². The predicted octanol–water partition coefficient (Wildman–Crippen LogP) is 2.05. The van der Waals surface area contributed by atoms with Crippen LogP contribution in [0.3, 0.4) is 0 Å². The molecule has 5 nitrogen and oxygen atoms in total. The van der Waals surface area contributed by atoms with Gasteiger partial charge >= 0.3 is 0 Å². The van der Waals surface area contributed by atoms with Gasteiger partial charge < -0.3 is 15.8 Å². The molecule has 0 aliphatic heterocycles. The molecule has 0 radical (unpaired) electrons. The van der Waals surface area contributed by atoms with Crippen molar-refractivity contribution in [3.63, 3.8) is 0 Å². The summed E-state index contributed by atoms with van der Waals surface area (Å²) >= 11 is 0. The maximum absolute atomic E-state index is 12.4. The zero-order chi connectivity index (χ0) is 14.5. The standard InChI is InChI=1S/C15H17N3O2/c1-2-18(10-14(16)17-20)15(19)13-8-7-11-5-3-4-6-12(11)9-13/h3-9,20H,2,10H2,1H3,(H2,16,17). The second-order valence-electron chi connectivity index (χ2n) is 4.47. The van der Waals surface area contributed by atoms with Gasteiger partial charge in [-0.2, -0.15) is 0 Å². The first-order valence-corrected chi connectivity index (χ1v) is 6.40. The van der Waals surface area contributed by atoms with Crippen LogP contribution in [0.25, 0.3) is 10.8 Å². The normalized spacial score (nSPS) is 11.6. The molecule has 0 aliphatic rings. The molecule has 0 spiro atoms. The third-order valence-electron chi connectivity index (χ3n) is 3.15. The number of carbonyl (C=O) groups excluding carboxylic acids is 1. The van der Waals surface area contributed by atoms with Gasteiger partial charge in [-0.3, -0.25) is 4.79 Å². The van der Waals surface area contributed by atoms with Gasteiger partial charge in [-0.15, -0.1) is 0 Å². The first-order chi connectivity index (χ1) is 9.65. The average molecular weight is 271 g/mol. The minimum atomic E-state index is -0.134. The summed E-state index contributed by atoms with van der Waals surface area (Å²) in [7, 11) is 0. The highest BCUT2D eigenvalue weighted by Gasteiger charge is 2.15. The maximum atomic E-state index is 12.4. The number of benzene rings is 2. The molecule has 0 heterocycles. The number of nitrogens with zero attached hydrogens (tertiary/aromatic N) is 2. The van der Waals surface area contributed by atoms with Crippen LogP contribution in [0.2, 0.25) is 0 Å². The Balaban J connectivity index is 2.29. The molecule has 20 heavy (non-hydrogen) atoms. The molecular weight excluding hydrogens is 254 g/mol. The van der Waals surface area contributed by atoms with Crippen molar-refractivity contribution in [1.82, 2.24) is 4.90 Å². The molecule has 2 aromatic carbocycles. The van der Waals surface area contributed by atoms with Gasteiger partial charge in [0.25, 0.3) is 5.91 Å². The van der Waals surface area contributed by atoms with Gasteiger partial charge in [0.1, 0.15) is 0 Å². The van der Waals surface area contributed by atoms with Crippen molar-refractivity contribution in [1.29, 1.82) is 0 Å². The Kier molecular flexibility index (Phi) is 4.20. The monoisotopic (exact) mass is 271 g/mol. The Morgan fingerprint density at radius 3 is 2.60 bits per heavy atom. The molecular formula is C15H17N3O2. The quantitative estimate of drug-likeness (QED) is 0.386. The second-order valence-corrected chi connectivity index (χ2v) is 4.47. The van der Waals surface area contributed by atoms with Gasteiger partial charge in [0, 0.05) is 12.1 Å². The molecule has 104 valence electrons. The van der Waals surface area contributed by atoms with Crippen LogP contribution in [0, 0.1) is 0 Å². The smallest absolute Gasteiger partial charge is 0.254 e. The minimum absolute atomic E-state index is 0.0148. The van der Waals surface area contributed by atoms with E-state index >= 15 is 0 Å². The number of amides is 1. The van der Waals surface area contributed by atoms with E-state index in [0.29, 0.717) is 12.1 Å². The number of hydrogen-bond acceptors (Lipinski definition) is 3. The van der Waals surface area contributed by atoms with E-state index in [1.165, 1.54) is 4.90 Å². The summed E-state index contributed by atoms with van der Waals surface area (Å²) in [5, 5.41) is 13.6. The Hall–Kier alpha value is -2.56. The van der Waals surface area contributed by atoms with Gasteiger partial charge in [-0.05, 0) is 29.8 Å². The molecule has 0 fully saturated rings. The van der Waals surface area contributed by atoms with Crippen molar-refractivity contribution in [2.24, 2.45) is 10.9 Å². The Bertz CT molecular complexity index is 652. The van der Waals surface area contributed by atoms with E-state index in [1.54, 1.807) is 6.07 Å². The zero-order valence-corrected chi connectivity index (χ0v) is 11.3. The number of nitrogens with two attached hydrogens (primary N) is 1. The number of hydrogen-bond donors (Lipinski definition) is 2. The Morgan fingerprint density at radius 2 is 1.95 bits per heavy atom. The lowest BCUT2D eigenvalue weighted by Gasteiger charge is -2.20. The summed E-state index contributed by atoms with van der Waals surface area (Å²) < 4.78 is 0. The highest BCUT2D eigenvalue weighted by molar-refractivity contribution is 6.00. The van der Waals surface area contributed by atoms with Crippen molar-refractivity contribution in [3.8, 4) is 0 Å². The average Bonchev–Trinajstić information content (AvgIpc) is 2.51. The van der Waals surface area contributed by atoms with Crippen LogP contribution in [-0.2, 0) is 0 Å². The molecule has 0 bridgehead atoms. The summed E-state index contributed by atoms with van der Waals surface area (Å²) in [6.45, 7) is 2.45. The first kappa shape index (κ1) is 13.9. The lowest BCUT2D eigenvalue weighted by Crippen LogP contribution is -2.38. The van der Waals surface area contributed by atoms with E-state index in [4.69, 9.17) is 10.9 Å². The molecule has 2 rings (SSSR count). The van der Waals surface area contributed by atoms with E-state index < -0.39 is 0 Å². The number of likely N-dealkylation sites (N-methyl/N-ethyl adjacent to an activating group) is 1. The second kappa shape index (κ2) is 6.06. The van der Waals surface area contributed by atoms with Crippen molar-refractivity contribution >= 4 is 22.5 Å². The number of rotatable bonds is 4. The zero-order valence-electron chi connectivity index (χ0n) is 11.3. The fraction of sp³-hybridized carbons (Fsp3) is 0.200. The van der Waals surface area contributed by atoms with E-state index in [9.17, 15) is 4.79 Å². The third kappa shape index (κ3) is 2.88. The van der Waals surface area contributed by atoms with Crippen LogP contribution in [0.4, 0.5) is 0 Å². The molecule has 1 amide bonds. The van der Waals surface area contributed by atoms with E-state index in [2.05, 4.69) is 5.16 Å². The SMILES string of the molecule is CCN(CC(N)=NO)C(=O)c1ccc2ccccc2c1. The molecule has 0 aliphatic carbocycles. The van der Waals surface area contributed by atoms with Crippen LogP contribution >= 0.6 is 0 Å². The van der Waals surface area contributed by atoms with E-state index in [0.717, 1.165) is 10.8 Å². The summed E-state index contributed by atoms with van der Waals surface area (Å²) in [5.74, 6) is -0.120. The molecule has 3 N–H and O–H groups in total. The lowest BCUT2D eigenvalue weighted by molar-refractivity contribution is 0.0786. The molecule has 2 aromatic rings. The Morgan fingerprint density at radius 1 is 1.25 bits per heavy atom. The molecule has 0 saturated carbocycles. The largest absolute Gasteiger partial charge is 0.409 e. The van der Waals surface area contributed by atoms with Crippen molar-refractivity contribution < 1.29 is 10.0 Å². The van der Waals surface area contributed by atoms with E-state index in [1.807, 2.05) is 43.3 Å². The van der Waals surface area contributed by atoms with Gasteiger partial charge in [0.15, 0.2) is 5.84 Å². The highest BCUT2D eigenvalue weighted by Crippen LogP contribution is 2.16. The van der Waals surface area contributed by atoms with Crippen LogP contribution in [0.1, 0.15) is 17.3 Å². The van der Waals surface area contributed by atoms with Gasteiger partial charge in [-0.25, -0.2) is 0 Å². The Labute approximate surface area is 117 Å². The first-order valence-electron chi connectivity index (χ1n) is 6.40. The molecule has 0 aromatic heterocycles. The summed E-state index contributed by atoms with van der Waals surface area (Å²) in [5.41, 5.74) is 6.06. The number of fused-ring (bicyclic) bond motifs is 1. The lowest BCUT2D eigenvalue weighted by atomic mass is 10.1. The maximum Gasteiger partial charge on any atom is 0.254 e. The number of carbonyl (C=O) groups is 1. The van der Waals surface area contributed by atoms with Crippen LogP contribution in [-0.4, -0.2) is 34.9 Å². The molecule has 0 unspecified atom stereocenters. The van der Waals surface area contributed by atoms with Crippen LogP contribution in [0.15, 0.2) is 47.6 Å². The number of amidine groups is 1. The summed E-state index contributed by atoms with van der Waals surface area (Å²) in [6, 6.07) is 13.4. The minimum Gasteiger partial charge on any atom is -0.409 e. The number of oxime groups is 1. The molecule has 0 saturated heterocycles. The van der Waals surface area contributed by atoms with Crippen LogP contribution in [0.5, 0.6) is 0 Å². The van der Waals surface area contributed by atoms with Crippen molar-refractivity contribution in [3.05, 3.63) is 48.0 Å². The summed E-state index contributed by atoms with van der Waals surface area (Å²) in [4.78, 5) is 13.9. The van der Waals surface area contributed by atoms with Gasteiger partial charge in [0.05, 0.1) is 6.54 Å². The predicted molar refractivity (Wildman–Crippen MR) is 78.9 cm³/mol.